The normalized spacial score (nSPS) is 10.6. The summed E-state index contributed by atoms with van der Waals surface area (Å²) in [5.41, 5.74) is 2.22. The van der Waals surface area contributed by atoms with Crippen molar-refractivity contribution < 1.29 is 0 Å². The molecule has 0 aliphatic carbocycles. The smallest absolute Gasteiger partial charge is 0.0944 e. The fourth-order valence-corrected chi connectivity index (χ4v) is 3.13. The molecule has 0 unspecified atom stereocenters. The predicted octanol–water partition coefficient (Wildman–Crippen LogP) is 4.98. The van der Waals surface area contributed by atoms with Crippen molar-refractivity contribution in [2.45, 2.75) is 6.92 Å². The van der Waals surface area contributed by atoms with E-state index >= 15 is 0 Å². The zero-order chi connectivity index (χ0) is 13.2. The van der Waals surface area contributed by atoms with Crippen LogP contribution < -0.4 is 5.32 Å². The molecule has 0 bridgehead atoms. The van der Waals surface area contributed by atoms with Crippen molar-refractivity contribution in [3.05, 3.63) is 54.6 Å². The largest absolute Gasteiger partial charge is 0.344 e. The van der Waals surface area contributed by atoms with Gasteiger partial charge in [-0.05, 0) is 42.1 Å². The van der Waals surface area contributed by atoms with E-state index in [1.54, 1.807) is 18.3 Å². The van der Waals surface area contributed by atoms with Crippen LogP contribution >= 0.6 is 11.3 Å². The predicted molar refractivity (Wildman–Crippen MR) is 84.3 cm³/mol. The second-order valence-corrected chi connectivity index (χ2v) is 5.56. The maximum absolute atomic E-state index is 7.47. The number of thiophene rings is 1. The number of benzene rings is 2. The van der Waals surface area contributed by atoms with Gasteiger partial charge in [0.2, 0.25) is 0 Å². The number of hydrogen-bond donors (Lipinski definition) is 2. The lowest BCUT2D eigenvalue weighted by Gasteiger charge is -2.02. The second-order valence-electron chi connectivity index (χ2n) is 4.48. The van der Waals surface area contributed by atoms with Gasteiger partial charge in [0.25, 0.3) is 0 Å². The molecule has 0 fully saturated rings. The van der Waals surface area contributed by atoms with Crippen molar-refractivity contribution in [2.75, 3.05) is 5.32 Å². The third-order valence-electron chi connectivity index (χ3n) is 2.91. The molecule has 2 aromatic carbocycles. The number of fused-ring (bicyclic) bond motifs is 1. The molecule has 0 saturated carbocycles. The van der Waals surface area contributed by atoms with Crippen LogP contribution in [-0.2, 0) is 0 Å². The summed E-state index contributed by atoms with van der Waals surface area (Å²) in [6.45, 7) is 1.74. The van der Waals surface area contributed by atoms with Gasteiger partial charge in [-0.1, -0.05) is 30.3 Å². The maximum atomic E-state index is 7.47. The minimum atomic E-state index is 0.456. The first-order chi connectivity index (χ1) is 9.22. The summed E-state index contributed by atoms with van der Waals surface area (Å²) in [7, 11) is 0. The Bertz CT molecular complexity index is 729. The highest BCUT2D eigenvalue weighted by Gasteiger charge is 2.04. The summed E-state index contributed by atoms with van der Waals surface area (Å²) < 4.78 is 1.27. The molecular formula is C16H14N2S. The Kier molecular flexibility index (Phi) is 3.05. The molecule has 0 atom stereocenters. The SMILES string of the molecule is CC(=N)Nc1ccc2sc(-c3ccccc3)cc2c1. The highest BCUT2D eigenvalue weighted by Crippen LogP contribution is 2.34. The molecule has 1 heterocycles. The van der Waals surface area contributed by atoms with E-state index in [0.29, 0.717) is 5.84 Å². The standard InChI is InChI=1S/C16H14N2S/c1-11(17)18-14-7-8-15-13(9-14)10-16(19-15)12-5-3-2-4-6-12/h2-10H,1H3,(H2,17,18). The van der Waals surface area contributed by atoms with Crippen molar-refractivity contribution in [3.8, 4) is 10.4 Å². The topological polar surface area (TPSA) is 35.9 Å². The highest BCUT2D eigenvalue weighted by atomic mass is 32.1. The van der Waals surface area contributed by atoms with Gasteiger partial charge in [0.05, 0.1) is 5.84 Å². The molecule has 19 heavy (non-hydrogen) atoms. The minimum Gasteiger partial charge on any atom is -0.344 e. The van der Waals surface area contributed by atoms with Crippen LogP contribution in [0.4, 0.5) is 5.69 Å². The van der Waals surface area contributed by atoms with Gasteiger partial charge in [-0.15, -0.1) is 11.3 Å². The Morgan fingerprint density at radius 2 is 1.84 bits per heavy atom. The summed E-state index contributed by atoms with van der Waals surface area (Å²) in [6, 6.07) is 18.8. The third-order valence-corrected chi connectivity index (χ3v) is 4.07. The average molecular weight is 266 g/mol. The Morgan fingerprint density at radius 1 is 1.05 bits per heavy atom. The van der Waals surface area contributed by atoms with Gasteiger partial charge in [-0.25, -0.2) is 0 Å². The summed E-state index contributed by atoms with van der Waals surface area (Å²) in [4.78, 5) is 1.28. The van der Waals surface area contributed by atoms with Crippen LogP contribution in [0.3, 0.4) is 0 Å². The quantitative estimate of drug-likeness (QED) is 0.498. The molecule has 0 aliphatic rings. The third kappa shape index (κ3) is 2.51. The van der Waals surface area contributed by atoms with Gasteiger partial charge in [-0.3, -0.25) is 5.41 Å². The first-order valence-corrected chi connectivity index (χ1v) is 6.95. The lowest BCUT2D eigenvalue weighted by atomic mass is 10.1. The Morgan fingerprint density at radius 3 is 2.58 bits per heavy atom. The van der Waals surface area contributed by atoms with Crippen LogP contribution in [0.2, 0.25) is 0 Å². The zero-order valence-corrected chi connectivity index (χ0v) is 11.4. The van der Waals surface area contributed by atoms with Crippen LogP contribution in [0.15, 0.2) is 54.6 Å². The molecule has 0 amide bonds. The average Bonchev–Trinajstić information content (AvgIpc) is 2.82. The van der Waals surface area contributed by atoms with E-state index in [1.165, 1.54) is 20.5 Å². The lowest BCUT2D eigenvalue weighted by Crippen LogP contribution is -2.04. The molecule has 0 aliphatic heterocycles. The summed E-state index contributed by atoms with van der Waals surface area (Å²) in [5, 5.41) is 11.7. The van der Waals surface area contributed by atoms with E-state index in [4.69, 9.17) is 5.41 Å². The van der Waals surface area contributed by atoms with Gasteiger partial charge in [-0.2, -0.15) is 0 Å². The molecule has 94 valence electrons. The van der Waals surface area contributed by atoms with E-state index in [9.17, 15) is 0 Å². The number of amidine groups is 1. The first kappa shape index (κ1) is 11.9. The summed E-state index contributed by atoms with van der Waals surface area (Å²) in [6.07, 6.45) is 0. The molecule has 3 heteroatoms. The highest BCUT2D eigenvalue weighted by molar-refractivity contribution is 7.22. The molecule has 2 nitrogen and oxygen atoms in total. The Balaban J connectivity index is 2.04. The molecule has 0 saturated heterocycles. The molecule has 1 aromatic heterocycles. The fourth-order valence-electron chi connectivity index (χ4n) is 2.08. The first-order valence-electron chi connectivity index (χ1n) is 6.13. The number of anilines is 1. The van der Waals surface area contributed by atoms with Crippen molar-refractivity contribution in [3.63, 3.8) is 0 Å². The number of rotatable bonds is 2. The molecule has 0 spiro atoms. The van der Waals surface area contributed by atoms with Gasteiger partial charge >= 0.3 is 0 Å². The van der Waals surface area contributed by atoms with Crippen LogP contribution in [0.1, 0.15) is 6.92 Å². The summed E-state index contributed by atoms with van der Waals surface area (Å²) >= 11 is 1.80. The van der Waals surface area contributed by atoms with Gasteiger partial charge < -0.3 is 5.32 Å². The van der Waals surface area contributed by atoms with Crippen LogP contribution in [0.25, 0.3) is 20.5 Å². The fraction of sp³-hybridized carbons (Fsp3) is 0.0625. The van der Waals surface area contributed by atoms with Gasteiger partial charge in [0.1, 0.15) is 0 Å². The van der Waals surface area contributed by atoms with Crippen LogP contribution in [-0.4, -0.2) is 5.84 Å². The van der Waals surface area contributed by atoms with Crippen molar-refractivity contribution in [2.24, 2.45) is 0 Å². The maximum Gasteiger partial charge on any atom is 0.0944 e. The molecule has 3 rings (SSSR count). The molecular weight excluding hydrogens is 252 g/mol. The zero-order valence-electron chi connectivity index (χ0n) is 10.6. The minimum absolute atomic E-state index is 0.456. The van der Waals surface area contributed by atoms with Crippen molar-refractivity contribution in [1.82, 2.24) is 0 Å². The van der Waals surface area contributed by atoms with Gasteiger partial charge in [0.15, 0.2) is 0 Å². The lowest BCUT2D eigenvalue weighted by molar-refractivity contribution is 1.45. The van der Waals surface area contributed by atoms with Crippen molar-refractivity contribution >= 4 is 32.9 Å². The molecule has 3 aromatic rings. The van der Waals surface area contributed by atoms with Gasteiger partial charge in [0, 0.05) is 15.3 Å². The Labute approximate surface area is 116 Å². The monoisotopic (exact) mass is 266 g/mol. The Hall–Kier alpha value is -2.13. The van der Waals surface area contributed by atoms with Crippen LogP contribution in [0, 0.1) is 5.41 Å². The van der Waals surface area contributed by atoms with E-state index < -0.39 is 0 Å². The molecule has 0 radical (unpaired) electrons. The van der Waals surface area contributed by atoms with E-state index in [-0.39, 0.29) is 0 Å². The van der Waals surface area contributed by atoms with Crippen LogP contribution in [0.5, 0.6) is 0 Å². The number of nitrogens with one attached hydrogen (secondary N) is 2. The number of hydrogen-bond acceptors (Lipinski definition) is 2. The van der Waals surface area contributed by atoms with Crippen molar-refractivity contribution in [1.29, 1.82) is 5.41 Å². The van der Waals surface area contributed by atoms with E-state index in [1.807, 2.05) is 12.1 Å². The van der Waals surface area contributed by atoms with E-state index in [0.717, 1.165) is 5.69 Å². The van der Waals surface area contributed by atoms with E-state index in [2.05, 4.69) is 47.8 Å². The molecule has 2 N–H and O–H groups in total. The summed E-state index contributed by atoms with van der Waals surface area (Å²) in [5.74, 6) is 0.456. The second kappa shape index (κ2) is 4.86.